The average Bonchev–Trinajstić information content (AvgIpc) is 2.76. The fraction of sp³-hybridized carbons (Fsp3) is 0.409. The molecular weight excluding hydrogens is 370 g/mol. The minimum absolute atomic E-state index is 0.0406. The van der Waals surface area contributed by atoms with E-state index in [4.69, 9.17) is 18.9 Å². The summed E-state index contributed by atoms with van der Waals surface area (Å²) in [6.07, 6.45) is 0. The molecule has 0 spiro atoms. The van der Waals surface area contributed by atoms with Gasteiger partial charge in [0.25, 0.3) is 0 Å². The fourth-order valence-corrected chi connectivity index (χ4v) is 2.94. The SMILES string of the molecule is CCOc1cc(CNC(=NC)NC(C)c2cc(OC)ccc2OC)ccc1OC. The Morgan fingerprint density at radius 1 is 0.966 bits per heavy atom. The van der Waals surface area contributed by atoms with Crippen LogP contribution in [0.4, 0.5) is 0 Å². The van der Waals surface area contributed by atoms with Gasteiger partial charge in [-0.25, -0.2) is 0 Å². The lowest BCUT2D eigenvalue weighted by Gasteiger charge is -2.21. The third-order valence-electron chi connectivity index (χ3n) is 4.47. The molecule has 1 atom stereocenters. The van der Waals surface area contributed by atoms with Gasteiger partial charge in [0.1, 0.15) is 11.5 Å². The molecular formula is C22H31N3O4. The second-order valence-electron chi connectivity index (χ2n) is 6.32. The number of hydrogen-bond acceptors (Lipinski definition) is 5. The molecule has 7 heteroatoms. The van der Waals surface area contributed by atoms with E-state index in [1.165, 1.54) is 0 Å². The molecule has 0 amide bonds. The molecule has 158 valence electrons. The molecule has 2 rings (SSSR count). The van der Waals surface area contributed by atoms with Gasteiger partial charge >= 0.3 is 0 Å². The van der Waals surface area contributed by atoms with Gasteiger partial charge < -0.3 is 29.6 Å². The average molecular weight is 402 g/mol. The Labute approximate surface area is 173 Å². The molecule has 0 aromatic heterocycles. The normalized spacial score (nSPS) is 12.1. The van der Waals surface area contributed by atoms with Gasteiger partial charge in [0.15, 0.2) is 17.5 Å². The molecule has 0 aliphatic heterocycles. The fourth-order valence-electron chi connectivity index (χ4n) is 2.94. The van der Waals surface area contributed by atoms with Gasteiger partial charge in [-0.15, -0.1) is 0 Å². The topological polar surface area (TPSA) is 73.3 Å². The molecule has 0 aliphatic carbocycles. The molecule has 0 heterocycles. The Balaban J connectivity index is 2.07. The predicted molar refractivity (Wildman–Crippen MR) is 115 cm³/mol. The summed E-state index contributed by atoms with van der Waals surface area (Å²) >= 11 is 0. The lowest BCUT2D eigenvalue weighted by Crippen LogP contribution is -2.38. The van der Waals surface area contributed by atoms with Crippen LogP contribution in [0.25, 0.3) is 0 Å². The van der Waals surface area contributed by atoms with Crippen LogP contribution in [0.1, 0.15) is 31.0 Å². The quantitative estimate of drug-likeness (QED) is 0.495. The first-order valence-corrected chi connectivity index (χ1v) is 9.55. The summed E-state index contributed by atoms with van der Waals surface area (Å²) in [6, 6.07) is 11.6. The largest absolute Gasteiger partial charge is 0.497 e. The van der Waals surface area contributed by atoms with Gasteiger partial charge in [-0.3, -0.25) is 4.99 Å². The van der Waals surface area contributed by atoms with Crippen molar-refractivity contribution in [2.45, 2.75) is 26.4 Å². The molecule has 0 saturated heterocycles. The van der Waals surface area contributed by atoms with E-state index in [-0.39, 0.29) is 6.04 Å². The van der Waals surface area contributed by atoms with E-state index in [9.17, 15) is 0 Å². The van der Waals surface area contributed by atoms with Crippen LogP contribution in [-0.4, -0.2) is 40.9 Å². The van der Waals surface area contributed by atoms with Gasteiger partial charge in [-0.2, -0.15) is 0 Å². The van der Waals surface area contributed by atoms with Gasteiger partial charge in [0.05, 0.1) is 34.0 Å². The number of aliphatic imine (C=N–C) groups is 1. The number of nitrogens with one attached hydrogen (secondary N) is 2. The zero-order chi connectivity index (χ0) is 21.2. The summed E-state index contributed by atoms with van der Waals surface area (Å²) in [4.78, 5) is 4.33. The van der Waals surface area contributed by atoms with Crippen molar-refractivity contribution >= 4 is 5.96 Å². The summed E-state index contributed by atoms with van der Waals surface area (Å²) in [5.41, 5.74) is 2.04. The van der Waals surface area contributed by atoms with E-state index in [2.05, 4.69) is 15.6 Å². The Morgan fingerprint density at radius 3 is 2.31 bits per heavy atom. The standard InChI is InChI=1S/C22H31N3O4/c1-7-29-21-12-16(8-10-20(21)28-6)14-24-22(23-3)25-15(2)18-13-17(26-4)9-11-19(18)27-5/h8-13,15H,7,14H2,1-6H3,(H2,23,24,25). The Kier molecular flexibility index (Phi) is 8.45. The Bertz CT molecular complexity index is 824. The number of rotatable bonds is 9. The molecule has 7 nitrogen and oxygen atoms in total. The van der Waals surface area contributed by atoms with Gasteiger partial charge in [-0.1, -0.05) is 6.07 Å². The van der Waals surface area contributed by atoms with Crippen molar-refractivity contribution in [2.75, 3.05) is 35.0 Å². The molecule has 2 aromatic carbocycles. The third-order valence-corrected chi connectivity index (χ3v) is 4.47. The van der Waals surface area contributed by atoms with Crippen molar-refractivity contribution in [2.24, 2.45) is 4.99 Å². The van der Waals surface area contributed by atoms with Crippen LogP contribution < -0.4 is 29.6 Å². The van der Waals surface area contributed by atoms with E-state index in [1.54, 1.807) is 28.4 Å². The highest BCUT2D eigenvalue weighted by Crippen LogP contribution is 2.29. The zero-order valence-corrected chi connectivity index (χ0v) is 18.0. The molecule has 2 N–H and O–H groups in total. The first-order chi connectivity index (χ1) is 14.1. The smallest absolute Gasteiger partial charge is 0.191 e. The Hall–Kier alpha value is -3.09. The third kappa shape index (κ3) is 5.94. The van der Waals surface area contributed by atoms with Crippen LogP contribution in [0.3, 0.4) is 0 Å². The number of ether oxygens (including phenoxy) is 4. The van der Waals surface area contributed by atoms with Crippen LogP contribution in [0, 0.1) is 0 Å². The predicted octanol–water partition coefficient (Wildman–Crippen LogP) is 3.54. The van der Waals surface area contributed by atoms with E-state index in [0.29, 0.717) is 19.1 Å². The van der Waals surface area contributed by atoms with Crippen molar-refractivity contribution in [1.29, 1.82) is 0 Å². The summed E-state index contributed by atoms with van der Waals surface area (Å²) in [7, 11) is 6.68. The number of guanidine groups is 1. The molecule has 0 aliphatic rings. The van der Waals surface area contributed by atoms with Crippen molar-refractivity contribution in [3.05, 3.63) is 47.5 Å². The molecule has 2 aromatic rings. The van der Waals surface area contributed by atoms with E-state index < -0.39 is 0 Å². The summed E-state index contributed by atoms with van der Waals surface area (Å²) in [6.45, 7) is 5.16. The van der Waals surface area contributed by atoms with Gasteiger partial charge in [-0.05, 0) is 49.7 Å². The highest BCUT2D eigenvalue weighted by molar-refractivity contribution is 5.80. The number of methoxy groups -OCH3 is 3. The number of hydrogen-bond donors (Lipinski definition) is 2. The molecule has 29 heavy (non-hydrogen) atoms. The maximum atomic E-state index is 5.65. The number of nitrogens with zero attached hydrogens (tertiary/aromatic N) is 1. The number of benzene rings is 2. The molecule has 0 saturated carbocycles. The molecule has 0 fully saturated rings. The van der Waals surface area contributed by atoms with Crippen LogP contribution in [0.2, 0.25) is 0 Å². The second-order valence-corrected chi connectivity index (χ2v) is 6.32. The maximum Gasteiger partial charge on any atom is 0.191 e. The van der Waals surface area contributed by atoms with Gasteiger partial charge in [0, 0.05) is 19.2 Å². The van der Waals surface area contributed by atoms with Crippen LogP contribution >= 0.6 is 0 Å². The summed E-state index contributed by atoms with van der Waals surface area (Å²) < 4.78 is 21.8. The highest BCUT2D eigenvalue weighted by atomic mass is 16.5. The van der Waals surface area contributed by atoms with Crippen LogP contribution in [0.5, 0.6) is 23.0 Å². The molecule has 0 bridgehead atoms. The molecule has 0 radical (unpaired) electrons. The van der Waals surface area contributed by atoms with Crippen molar-refractivity contribution in [1.82, 2.24) is 10.6 Å². The maximum absolute atomic E-state index is 5.65. The van der Waals surface area contributed by atoms with Crippen LogP contribution in [-0.2, 0) is 6.54 Å². The van der Waals surface area contributed by atoms with E-state index >= 15 is 0 Å². The van der Waals surface area contributed by atoms with Crippen LogP contribution in [0.15, 0.2) is 41.4 Å². The lowest BCUT2D eigenvalue weighted by atomic mass is 10.1. The van der Waals surface area contributed by atoms with Crippen molar-refractivity contribution < 1.29 is 18.9 Å². The van der Waals surface area contributed by atoms with Gasteiger partial charge in [0.2, 0.25) is 0 Å². The molecule has 1 unspecified atom stereocenters. The minimum atomic E-state index is -0.0406. The lowest BCUT2D eigenvalue weighted by molar-refractivity contribution is 0.310. The monoisotopic (exact) mass is 401 g/mol. The van der Waals surface area contributed by atoms with E-state index in [1.807, 2.05) is 50.2 Å². The second kappa shape index (κ2) is 11.0. The zero-order valence-electron chi connectivity index (χ0n) is 18.0. The minimum Gasteiger partial charge on any atom is -0.497 e. The first kappa shape index (κ1) is 22.2. The summed E-state index contributed by atoms with van der Waals surface area (Å²) in [5, 5.41) is 6.72. The Morgan fingerprint density at radius 2 is 1.69 bits per heavy atom. The highest BCUT2D eigenvalue weighted by Gasteiger charge is 2.14. The van der Waals surface area contributed by atoms with Crippen molar-refractivity contribution in [3.8, 4) is 23.0 Å². The summed E-state index contributed by atoms with van der Waals surface area (Å²) in [5.74, 6) is 3.69. The first-order valence-electron chi connectivity index (χ1n) is 9.55. The van der Waals surface area contributed by atoms with Crippen molar-refractivity contribution in [3.63, 3.8) is 0 Å². The van der Waals surface area contributed by atoms with E-state index in [0.717, 1.165) is 34.1 Å².